The van der Waals surface area contributed by atoms with E-state index in [-0.39, 0.29) is 29.4 Å². The van der Waals surface area contributed by atoms with Crippen molar-refractivity contribution in [2.45, 2.75) is 18.9 Å². The average molecular weight is 553 g/mol. The summed E-state index contributed by atoms with van der Waals surface area (Å²) in [7, 11) is 1.47. The molecule has 1 atom stereocenters. The van der Waals surface area contributed by atoms with Gasteiger partial charge in [0.05, 0.1) is 40.4 Å². The first-order valence-electron chi connectivity index (χ1n) is 10.8. The molecule has 2 saturated heterocycles. The summed E-state index contributed by atoms with van der Waals surface area (Å²) in [6.45, 7) is 0.862. The van der Waals surface area contributed by atoms with Gasteiger partial charge in [-0.1, -0.05) is 59.3 Å². The Hall–Kier alpha value is -2.30. The molecule has 35 heavy (non-hydrogen) atoms. The molecule has 0 aromatic heterocycles. The fourth-order valence-corrected chi connectivity index (χ4v) is 5.38. The summed E-state index contributed by atoms with van der Waals surface area (Å²) in [5.41, 5.74) is 1.12. The van der Waals surface area contributed by atoms with Crippen LogP contribution in [0, 0.1) is 0 Å². The highest BCUT2D eigenvalue weighted by Gasteiger charge is 2.34. The van der Waals surface area contributed by atoms with Crippen molar-refractivity contribution >= 4 is 75.1 Å². The molecule has 11 heteroatoms. The molecular formula is C24H22Cl2N2O5S2. The van der Waals surface area contributed by atoms with E-state index in [1.54, 1.807) is 47.4 Å². The molecule has 7 nitrogen and oxygen atoms in total. The Morgan fingerprint density at radius 2 is 2.11 bits per heavy atom. The van der Waals surface area contributed by atoms with Crippen LogP contribution < -0.4 is 14.8 Å². The molecule has 0 spiro atoms. The van der Waals surface area contributed by atoms with E-state index in [1.807, 2.05) is 0 Å². The van der Waals surface area contributed by atoms with Gasteiger partial charge in [-0.25, -0.2) is 0 Å². The monoisotopic (exact) mass is 552 g/mol. The Labute approximate surface area is 222 Å². The highest BCUT2D eigenvalue weighted by molar-refractivity contribution is 8.26. The summed E-state index contributed by atoms with van der Waals surface area (Å²) in [5, 5.41) is 3.33. The van der Waals surface area contributed by atoms with Gasteiger partial charge in [-0.2, -0.15) is 0 Å². The van der Waals surface area contributed by atoms with Gasteiger partial charge in [0.1, 0.15) is 4.32 Å². The lowest BCUT2D eigenvalue weighted by molar-refractivity contribution is -0.123. The number of carbonyl (C=O) groups is 2. The van der Waals surface area contributed by atoms with Crippen molar-refractivity contribution in [3.63, 3.8) is 0 Å². The van der Waals surface area contributed by atoms with Gasteiger partial charge in [0.25, 0.3) is 11.8 Å². The van der Waals surface area contributed by atoms with E-state index in [2.05, 4.69) is 5.32 Å². The number of ether oxygens (including phenoxy) is 3. The third-order valence-corrected chi connectivity index (χ3v) is 7.32. The SMILES string of the molecule is COc1cc(/C=C2\SC(=S)N(C[C@H]3CCCO3)C2=O)cc(Cl)c1OCC(=O)Nc1ccccc1Cl. The number of hydrogen-bond acceptors (Lipinski definition) is 7. The largest absolute Gasteiger partial charge is 0.493 e. The molecule has 2 aliphatic rings. The Kier molecular flexibility index (Phi) is 8.56. The van der Waals surface area contributed by atoms with Gasteiger partial charge in [0.15, 0.2) is 18.1 Å². The third-order valence-electron chi connectivity index (χ3n) is 5.33. The van der Waals surface area contributed by atoms with Gasteiger partial charge in [-0.05, 0) is 48.7 Å². The smallest absolute Gasteiger partial charge is 0.266 e. The maximum atomic E-state index is 12.9. The second kappa shape index (κ2) is 11.6. The zero-order valence-corrected chi connectivity index (χ0v) is 21.9. The van der Waals surface area contributed by atoms with E-state index in [1.165, 1.54) is 18.9 Å². The Morgan fingerprint density at radius 1 is 1.31 bits per heavy atom. The minimum absolute atomic E-state index is 0.0120. The molecule has 2 aliphatic heterocycles. The predicted octanol–water partition coefficient (Wildman–Crippen LogP) is 5.40. The van der Waals surface area contributed by atoms with Crippen molar-refractivity contribution in [2.75, 3.05) is 32.2 Å². The number of amides is 2. The van der Waals surface area contributed by atoms with E-state index in [4.69, 9.17) is 49.6 Å². The molecular weight excluding hydrogens is 531 g/mol. The minimum Gasteiger partial charge on any atom is -0.493 e. The lowest BCUT2D eigenvalue weighted by Crippen LogP contribution is -2.35. The summed E-state index contributed by atoms with van der Waals surface area (Å²) >= 11 is 19.2. The van der Waals surface area contributed by atoms with Crippen LogP contribution in [0.3, 0.4) is 0 Å². The number of hydrogen-bond donors (Lipinski definition) is 1. The fraction of sp³-hybridized carbons (Fsp3) is 0.292. The third kappa shape index (κ3) is 6.29. The van der Waals surface area contributed by atoms with Crippen LogP contribution in [0.2, 0.25) is 10.0 Å². The number of nitrogens with one attached hydrogen (secondary N) is 1. The maximum absolute atomic E-state index is 12.9. The van der Waals surface area contributed by atoms with E-state index in [0.29, 0.717) is 44.4 Å². The topological polar surface area (TPSA) is 77.1 Å². The van der Waals surface area contributed by atoms with Gasteiger partial charge in [-0.3, -0.25) is 14.5 Å². The van der Waals surface area contributed by atoms with Crippen LogP contribution in [0.5, 0.6) is 11.5 Å². The van der Waals surface area contributed by atoms with E-state index < -0.39 is 5.91 Å². The normalized spacial score (nSPS) is 18.9. The Bertz CT molecular complexity index is 1180. The first kappa shape index (κ1) is 25.8. The predicted molar refractivity (Wildman–Crippen MR) is 142 cm³/mol. The zero-order chi connectivity index (χ0) is 24.9. The number of nitrogens with zero attached hydrogens (tertiary/aromatic N) is 1. The number of rotatable bonds is 8. The minimum atomic E-state index is -0.407. The van der Waals surface area contributed by atoms with Crippen LogP contribution in [0.1, 0.15) is 18.4 Å². The van der Waals surface area contributed by atoms with Crippen LogP contribution in [-0.4, -0.2) is 54.0 Å². The molecule has 0 radical (unpaired) electrons. The van der Waals surface area contributed by atoms with Crippen molar-refractivity contribution in [2.24, 2.45) is 0 Å². The summed E-state index contributed by atoms with van der Waals surface area (Å²) in [5.74, 6) is -0.0342. The Morgan fingerprint density at radius 3 is 2.83 bits per heavy atom. The van der Waals surface area contributed by atoms with E-state index in [0.717, 1.165) is 12.8 Å². The molecule has 2 fully saturated rings. The van der Waals surface area contributed by atoms with Crippen LogP contribution in [0.4, 0.5) is 5.69 Å². The number of para-hydroxylation sites is 1. The molecule has 184 valence electrons. The second-order valence-electron chi connectivity index (χ2n) is 7.78. The quantitative estimate of drug-likeness (QED) is 0.347. The fourth-order valence-electron chi connectivity index (χ4n) is 3.65. The van der Waals surface area contributed by atoms with Crippen molar-refractivity contribution in [1.82, 2.24) is 4.90 Å². The lowest BCUT2D eigenvalue weighted by atomic mass is 10.1. The molecule has 1 N–H and O–H groups in total. The van der Waals surface area contributed by atoms with E-state index in [9.17, 15) is 9.59 Å². The molecule has 2 aromatic carbocycles. The number of anilines is 1. The highest BCUT2D eigenvalue weighted by atomic mass is 35.5. The Balaban J connectivity index is 1.45. The van der Waals surface area contributed by atoms with Gasteiger partial charge >= 0.3 is 0 Å². The van der Waals surface area contributed by atoms with Crippen LogP contribution in [-0.2, 0) is 14.3 Å². The van der Waals surface area contributed by atoms with Crippen LogP contribution >= 0.6 is 47.2 Å². The molecule has 0 saturated carbocycles. The number of thioether (sulfide) groups is 1. The van der Waals surface area contributed by atoms with Crippen LogP contribution in [0.15, 0.2) is 41.3 Å². The van der Waals surface area contributed by atoms with Gasteiger partial charge in [-0.15, -0.1) is 0 Å². The molecule has 0 unspecified atom stereocenters. The summed E-state index contributed by atoms with van der Waals surface area (Å²) in [6.07, 6.45) is 3.62. The standard InChI is InChI=1S/C24H22Cl2N2O5S2/c1-31-19-10-14(11-20-23(30)28(24(34)35-20)12-15-5-4-8-32-15)9-17(26)22(19)33-13-21(29)27-18-7-3-2-6-16(18)25/h2-3,6-7,9-11,15H,4-5,8,12-13H2,1H3,(H,27,29)/b20-11-/t15-/m1/s1. The zero-order valence-electron chi connectivity index (χ0n) is 18.7. The second-order valence-corrected chi connectivity index (χ2v) is 10.3. The van der Waals surface area contributed by atoms with Crippen molar-refractivity contribution in [3.8, 4) is 11.5 Å². The van der Waals surface area contributed by atoms with Gasteiger partial charge in [0, 0.05) is 6.61 Å². The summed E-state index contributed by atoms with van der Waals surface area (Å²) in [4.78, 5) is 27.3. The van der Waals surface area contributed by atoms with E-state index >= 15 is 0 Å². The summed E-state index contributed by atoms with van der Waals surface area (Å²) < 4.78 is 17.2. The van der Waals surface area contributed by atoms with Gasteiger partial charge in [0.2, 0.25) is 0 Å². The summed E-state index contributed by atoms with van der Waals surface area (Å²) in [6, 6.07) is 10.2. The van der Waals surface area contributed by atoms with Crippen molar-refractivity contribution < 1.29 is 23.8 Å². The molecule has 0 aliphatic carbocycles. The first-order valence-corrected chi connectivity index (χ1v) is 12.8. The number of carbonyl (C=O) groups excluding carboxylic acids is 2. The van der Waals surface area contributed by atoms with Gasteiger partial charge < -0.3 is 19.5 Å². The number of thiocarbonyl (C=S) groups is 1. The maximum Gasteiger partial charge on any atom is 0.266 e. The van der Waals surface area contributed by atoms with Crippen molar-refractivity contribution in [3.05, 3.63) is 56.9 Å². The lowest BCUT2D eigenvalue weighted by Gasteiger charge is -2.18. The van der Waals surface area contributed by atoms with Crippen LogP contribution in [0.25, 0.3) is 6.08 Å². The average Bonchev–Trinajstić information content (AvgIpc) is 3.43. The highest BCUT2D eigenvalue weighted by Crippen LogP contribution is 2.39. The number of benzene rings is 2. The first-order chi connectivity index (χ1) is 16.9. The molecule has 2 aromatic rings. The molecule has 2 amide bonds. The molecule has 0 bridgehead atoms. The number of methoxy groups -OCH3 is 1. The number of halogens is 2. The molecule has 4 rings (SSSR count). The molecule has 2 heterocycles. The van der Waals surface area contributed by atoms with Crippen molar-refractivity contribution in [1.29, 1.82) is 0 Å².